The highest BCUT2D eigenvalue weighted by molar-refractivity contribution is 5.96. The Morgan fingerprint density at radius 2 is 1.40 bits per heavy atom. The Bertz CT molecular complexity index is 2350. The van der Waals surface area contributed by atoms with Crippen molar-refractivity contribution in [3.8, 4) is 0 Å². The summed E-state index contributed by atoms with van der Waals surface area (Å²) in [6.07, 6.45) is -8.52. The van der Waals surface area contributed by atoms with Gasteiger partial charge in [-0.2, -0.15) is 0 Å². The number of hydrogen-bond acceptors (Lipinski definition) is 14. The maximum atomic E-state index is 15.8. The summed E-state index contributed by atoms with van der Waals surface area (Å²) >= 11 is 0. The van der Waals surface area contributed by atoms with Crippen molar-refractivity contribution in [2.75, 3.05) is 27.9 Å². The minimum absolute atomic E-state index is 0.0525. The lowest BCUT2D eigenvalue weighted by atomic mass is 9.44. The predicted octanol–water partition coefficient (Wildman–Crippen LogP) is 5.39. The molecule has 15 heteroatoms. The van der Waals surface area contributed by atoms with Crippen molar-refractivity contribution >= 4 is 35.6 Å². The number of fused-ring (bicyclic) bond motifs is 5. The molecule has 0 unspecified atom stereocenters. The molecule has 3 fully saturated rings. The third kappa shape index (κ3) is 7.85. The zero-order valence-corrected chi connectivity index (χ0v) is 38.1. The molecule has 0 radical (unpaired) electrons. The lowest BCUT2D eigenvalue weighted by molar-refractivity contribution is -0.347. The van der Waals surface area contributed by atoms with Crippen LogP contribution in [0.5, 0.6) is 0 Å². The van der Waals surface area contributed by atoms with Gasteiger partial charge in [0.05, 0.1) is 35.6 Å². The number of hydrogen-bond donors (Lipinski definition) is 1. The second kappa shape index (κ2) is 17.9. The van der Waals surface area contributed by atoms with Crippen molar-refractivity contribution in [1.29, 1.82) is 0 Å². The normalized spacial score (nSPS) is 31.0. The standard InChI is InChI=1S/C50H57NO14/c1-28-34(63-46(57)40(60-9)38(31-19-13-10-14-20-31)51(7)44(55)32-21-15-11-16-22-32)26-50(58)43(64-45(56)33-23-17-12-18-24-33)41-48(6,42(54)39(62-29(2)52)37(28)47(50,4)5)35(59-8)25-36-49(41,27-61-36)65-30(3)53/h10-24,34-36,38-41,43,58H,25-27H2,1-9H3/t34-,35-,36+,38-,39+,40+,41-,43-,48+,49-,50+/m0/s1. The number of methoxy groups -OCH3 is 2. The molecular weight excluding hydrogens is 839 g/mol. The van der Waals surface area contributed by atoms with E-state index < -0.39 is 113 Å². The highest BCUT2D eigenvalue weighted by Gasteiger charge is 2.78. The first-order valence-electron chi connectivity index (χ1n) is 21.6. The smallest absolute Gasteiger partial charge is 0.338 e. The monoisotopic (exact) mass is 895 g/mol. The van der Waals surface area contributed by atoms with Gasteiger partial charge < -0.3 is 43.2 Å². The Labute approximate surface area is 378 Å². The van der Waals surface area contributed by atoms with Crippen LogP contribution in [0.3, 0.4) is 0 Å². The van der Waals surface area contributed by atoms with Gasteiger partial charge in [0.25, 0.3) is 5.91 Å². The number of ketones is 1. The van der Waals surface area contributed by atoms with Crippen molar-refractivity contribution < 1.29 is 67.0 Å². The molecule has 7 rings (SSSR count). The van der Waals surface area contributed by atoms with Crippen molar-refractivity contribution in [3.05, 3.63) is 119 Å². The molecule has 0 aromatic heterocycles. The van der Waals surface area contributed by atoms with Crippen molar-refractivity contribution in [3.63, 3.8) is 0 Å². The molecule has 2 bridgehead atoms. The number of Topliss-reactive ketones (excluding diaryl/α,β-unsaturated/α-hetero) is 1. The zero-order valence-electron chi connectivity index (χ0n) is 38.1. The molecule has 4 aliphatic rings. The van der Waals surface area contributed by atoms with Crippen molar-refractivity contribution in [1.82, 2.24) is 4.90 Å². The number of carbonyl (C=O) groups excluding carboxylic acids is 6. The number of carbonyl (C=O) groups is 6. The van der Waals surface area contributed by atoms with Crippen LogP contribution in [0.2, 0.25) is 0 Å². The fraction of sp³-hybridized carbons (Fsp3) is 0.480. The van der Waals surface area contributed by atoms with E-state index in [1.54, 1.807) is 114 Å². The summed E-state index contributed by atoms with van der Waals surface area (Å²) in [5, 5.41) is 13.9. The Morgan fingerprint density at radius 3 is 1.92 bits per heavy atom. The van der Waals surface area contributed by atoms with Crippen LogP contribution in [0.4, 0.5) is 0 Å². The van der Waals surface area contributed by atoms with Crippen LogP contribution in [0.25, 0.3) is 0 Å². The highest BCUT2D eigenvalue weighted by atomic mass is 16.6. The Hall–Kier alpha value is -5.74. The molecule has 3 aliphatic carbocycles. The second-order valence-electron chi connectivity index (χ2n) is 18.2. The number of likely N-dealkylation sites (N-methyl/N-ethyl adjacent to an activating group) is 1. The van der Waals surface area contributed by atoms with E-state index in [9.17, 15) is 29.1 Å². The van der Waals surface area contributed by atoms with E-state index in [-0.39, 0.29) is 29.7 Å². The molecule has 15 nitrogen and oxygen atoms in total. The molecule has 0 spiro atoms. The van der Waals surface area contributed by atoms with E-state index >= 15 is 4.79 Å². The molecule has 3 aromatic rings. The van der Waals surface area contributed by atoms with Crippen LogP contribution in [0.1, 0.15) is 86.7 Å². The lowest BCUT2D eigenvalue weighted by Gasteiger charge is -2.67. The van der Waals surface area contributed by atoms with Crippen LogP contribution in [0.15, 0.2) is 102 Å². The van der Waals surface area contributed by atoms with E-state index in [0.29, 0.717) is 11.1 Å². The number of aliphatic hydroxyl groups is 1. The minimum Gasteiger partial charge on any atom is -0.456 e. The van der Waals surface area contributed by atoms with Gasteiger partial charge in [-0.1, -0.05) is 80.6 Å². The Kier molecular flexibility index (Phi) is 13.0. The molecule has 1 N–H and O–H groups in total. The van der Waals surface area contributed by atoms with Gasteiger partial charge in [-0.25, -0.2) is 9.59 Å². The first kappa shape index (κ1) is 47.2. The van der Waals surface area contributed by atoms with Gasteiger partial charge in [-0.15, -0.1) is 0 Å². The summed E-state index contributed by atoms with van der Waals surface area (Å²) < 4.78 is 43.2. The highest BCUT2D eigenvalue weighted by Crippen LogP contribution is 2.65. The van der Waals surface area contributed by atoms with E-state index in [1.807, 2.05) is 0 Å². The van der Waals surface area contributed by atoms with Crippen molar-refractivity contribution in [2.45, 2.75) is 108 Å². The number of esters is 4. The summed E-state index contributed by atoms with van der Waals surface area (Å²) in [6.45, 7) is 8.60. The van der Waals surface area contributed by atoms with Gasteiger partial charge in [0.1, 0.15) is 23.9 Å². The maximum absolute atomic E-state index is 15.8. The third-order valence-corrected chi connectivity index (χ3v) is 14.4. The summed E-state index contributed by atoms with van der Waals surface area (Å²) in [7, 11) is 4.27. The molecule has 3 aromatic carbocycles. The average Bonchev–Trinajstić information content (AvgIpc) is 3.27. The maximum Gasteiger partial charge on any atom is 0.338 e. The van der Waals surface area contributed by atoms with Gasteiger partial charge in [-0.3, -0.25) is 19.2 Å². The van der Waals surface area contributed by atoms with Gasteiger partial charge >= 0.3 is 23.9 Å². The van der Waals surface area contributed by atoms with Crippen LogP contribution >= 0.6 is 0 Å². The molecule has 65 heavy (non-hydrogen) atoms. The summed E-state index contributed by atoms with van der Waals surface area (Å²) in [5.74, 6) is -5.83. The van der Waals surface area contributed by atoms with Gasteiger partial charge in [0.15, 0.2) is 23.6 Å². The Morgan fingerprint density at radius 1 is 0.815 bits per heavy atom. The van der Waals surface area contributed by atoms with Crippen LogP contribution in [-0.4, -0.2) is 121 Å². The molecule has 346 valence electrons. The minimum atomic E-state index is -2.30. The summed E-state index contributed by atoms with van der Waals surface area (Å²) in [4.78, 5) is 86.9. The molecule has 1 aliphatic heterocycles. The molecule has 1 saturated heterocycles. The van der Waals surface area contributed by atoms with E-state index in [4.69, 9.17) is 33.2 Å². The average molecular weight is 896 g/mol. The molecule has 11 atom stereocenters. The van der Waals surface area contributed by atoms with Crippen LogP contribution in [0, 0.1) is 16.7 Å². The molecule has 1 amide bonds. The Balaban J connectivity index is 1.42. The predicted molar refractivity (Wildman–Crippen MR) is 232 cm³/mol. The first-order valence-corrected chi connectivity index (χ1v) is 21.6. The number of ether oxygens (including phenoxy) is 7. The van der Waals surface area contributed by atoms with Crippen LogP contribution < -0.4 is 0 Å². The molecule has 2 saturated carbocycles. The lowest BCUT2D eigenvalue weighted by Crippen LogP contribution is -2.82. The topological polar surface area (TPSA) is 190 Å². The fourth-order valence-electron chi connectivity index (χ4n) is 11.1. The van der Waals surface area contributed by atoms with Gasteiger partial charge in [0, 0.05) is 58.9 Å². The number of benzene rings is 3. The summed E-state index contributed by atoms with van der Waals surface area (Å²) in [5.41, 5.74) is -5.94. The number of amides is 1. The zero-order chi connectivity index (χ0) is 47.2. The van der Waals surface area contributed by atoms with Gasteiger partial charge in [-0.05, 0) is 54.8 Å². The molecule has 1 heterocycles. The van der Waals surface area contributed by atoms with E-state index in [1.165, 1.54) is 38.2 Å². The third-order valence-electron chi connectivity index (χ3n) is 14.4. The van der Waals surface area contributed by atoms with E-state index in [0.717, 1.165) is 6.92 Å². The first-order chi connectivity index (χ1) is 30.8. The second-order valence-corrected chi connectivity index (χ2v) is 18.2. The quantitative estimate of drug-likeness (QED) is 0.138. The van der Waals surface area contributed by atoms with E-state index in [2.05, 4.69) is 0 Å². The number of rotatable bonds is 12. The number of nitrogens with zero attached hydrogens (tertiary/aromatic N) is 1. The SMILES string of the molecule is CO[C@H]1C[C@H]2OC[C@@]2(OC(C)=O)[C@H]2[C@H](OC(=O)c3ccccc3)[C@]3(O)C[C@H](OC(=O)[C@H](OC)[C@H](c4ccccc4)N(C)C(=O)c4ccccc4)C(C)=C([C@@H](OC(C)=O)C(=O)[C@]12C)C3(C)C. The fourth-order valence-corrected chi connectivity index (χ4v) is 11.1. The van der Waals surface area contributed by atoms with Crippen molar-refractivity contribution in [2.24, 2.45) is 16.7 Å². The summed E-state index contributed by atoms with van der Waals surface area (Å²) in [6, 6.07) is 24.4. The largest absolute Gasteiger partial charge is 0.456 e. The van der Waals surface area contributed by atoms with Gasteiger partial charge in [0.2, 0.25) is 0 Å². The van der Waals surface area contributed by atoms with Crippen LogP contribution in [-0.2, 0) is 52.3 Å². The molecular formula is C50H57NO14.